The molecule has 0 bridgehead atoms. The summed E-state index contributed by atoms with van der Waals surface area (Å²) in [6.45, 7) is 2.74. The largest absolute Gasteiger partial charge is 0.295 e. The van der Waals surface area contributed by atoms with Crippen LogP contribution in [0.3, 0.4) is 0 Å². The van der Waals surface area contributed by atoms with Crippen LogP contribution < -0.4 is 5.43 Å². The third-order valence-electron chi connectivity index (χ3n) is 4.52. The zero-order chi connectivity index (χ0) is 20.9. The molecule has 1 fully saturated rings. The molecule has 0 atom stereocenters. The van der Waals surface area contributed by atoms with Crippen molar-refractivity contribution in [3.8, 4) is 0 Å². The summed E-state index contributed by atoms with van der Waals surface area (Å²) in [4.78, 5) is 10.8. The van der Waals surface area contributed by atoms with E-state index in [2.05, 4.69) is 10.5 Å². The summed E-state index contributed by atoms with van der Waals surface area (Å²) in [5.74, 6) is 0. The second-order valence-electron chi connectivity index (χ2n) is 6.72. The number of hydrazone groups is 1. The number of nitrogens with one attached hydrogen (secondary N) is 1. The molecule has 1 aliphatic rings. The minimum atomic E-state index is -3.73. The second-order valence-corrected chi connectivity index (χ2v) is 8.65. The van der Waals surface area contributed by atoms with Gasteiger partial charge < -0.3 is 0 Å². The highest BCUT2D eigenvalue weighted by molar-refractivity contribution is 7.89. The highest BCUT2D eigenvalue weighted by Gasteiger charge is 2.29. The van der Waals surface area contributed by atoms with Crippen molar-refractivity contribution >= 4 is 33.7 Å². The number of allylic oxidation sites excluding steroid dienone is 1. The Kier molecular flexibility index (Phi) is 6.40. The van der Waals surface area contributed by atoms with Crippen LogP contribution in [0.15, 0.2) is 64.1 Å². The van der Waals surface area contributed by atoms with Crippen molar-refractivity contribution < 1.29 is 13.3 Å². The first-order valence-electron chi connectivity index (χ1n) is 9.19. The van der Waals surface area contributed by atoms with E-state index in [0.29, 0.717) is 13.1 Å². The lowest BCUT2D eigenvalue weighted by atomic mass is 10.1. The normalized spacial score (nSPS) is 15.7. The van der Waals surface area contributed by atoms with E-state index in [1.165, 1.54) is 16.4 Å². The molecule has 0 radical (unpaired) electrons. The van der Waals surface area contributed by atoms with Crippen molar-refractivity contribution in [2.75, 3.05) is 18.5 Å². The van der Waals surface area contributed by atoms with Crippen LogP contribution in [-0.4, -0.2) is 37.0 Å². The van der Waals surface area contributed by atoms with E-state index in [-0.39, 0.29) is 16.3 Å². The Hall–Kier alpha value is -3.04. The number of anilines is 1. The first-order valence-corrected chi connectivity index (χ1v) is 10.6. The molecule has 2 aromatic rings. The highest BCUT2D eigenvalue weighted by Crippen LogP contribution is 2.30. The SMILES string of the molecule is CC(/C=N/Nc1ccc(S(=O)(=O)N2CCCC2)cc1[N+](=O)[O-])=C\c1ccccc1. The van der Waals surface area contributed by atoms with Gasteiger partial charge in [0.25, 0.3) is 5.69 Å². The lowest BCUT2D eigenvalue weighted by molar-refractivity contribution is -0.384. The summed E-state index contributed by atoms with van der Waals surface area (Å²) >= 11 is 0. The standard InChI is InChI=1S/C20H22N4O4S/c1-16(13-17-7-3-2-4-8-17)15-21-22-19-10-9-18(14-20(19)24(25)26)29(27,28)23-11-5-6-12-23/h2-4,7-10,13-15,22H,5-6,11-12H2,1H3/b16-13+,21-15+. The maximum atomic E-state index is 12.6. The monoisotopic (exact) mass is 414 g/mol. The maximum absolute atomic E-state index is 12.6. The van der Waals surface area contributed by atoms with Crippen LogP contribution in [0.4, 0.5) is 11.4 Å². The minimum Gasteiger partial charge on any atom is -0.272 e. The van der Waals surface area contributed by atoms with Gasteiger partial charge in [0.15, 0.2) is 0 Å². The molecule has 1 saturated heterocycles. The van der Waals surface area contributed by atoms with Gasteiger partial charge in [-0.1, -0.05) is 36.4 Å². The van der Waals surface area contributed by atoms with E-state index in [0.717, 1.165) is 30.0 Å². The van der Waals surface area contributed by atoms with Crippen LogP contribution in [0.5, 0.6) is 0 Å². The molecule has 0 saturated carbocycles. The molecule has 1 N–H and O–H groups in total. The predicted molar refractivity (Wildman–Crippen MR) is 113 cm³/mol. The Morgan fingerprint density at radius 1 is 1.17 bits per heavy atom. The van der Waals surface area contributed by atoms with Gasteiger partial charge in [-0.25, -0.2) is 8.42 Å². The smallest absolute Gasteiger partial charge is 0.272 e. The maximum Gasteiger partial charge on any atom is 0.295 e. The number of hydrogen-bond acceptors (Lipinski definition) is 6. The molecule has 2 aromatic carbocycles. The highest BCUT2D eigenvalue weighted by atomic mass is 32.2. The quantitative estimate of drug-likeness (QED) is 0.420. The first kappa shape index (κ1) is 20.7. The molecule has 0 aromatic heterocycles. The first-order chi connectivity index (χ1) is 13.9. The zero-order valence-electron chi connectivity index (χ0n) is 16.0. The fraction of sp³-hybridized carbons (Fsp3) is 0.250. The van der Waals surface area contributed by atoms with Gasteiger partial charge in [0.05, 0.1) is 16.0 Å². The van der Waals surface area contributed by atoms with Crippen molar-refractivity contribution in [1.82, 2.24) is 4.31 Å². The van der Waals surface area contributed by atoms with Crippen molar-refractivity contribution in [3.63, 3.8) is 0 Å². The van der Waals surface area contributed by atoms with Gasteiger partial charge in [-0.15, -0.1) is 0 Å². The third-order valence-corrected chi connectivity index (χ3v) is 6.41. The van der Waals surface area contributed by atoms with Crippen LogP contribution in [-0.2, 0) is 10.0 Å². The van der Waals surface area contributed by atoms with E-state index in [1.807, 2.05) is 43.3 Å². The van der Waals surface area contributed by atoms with Gasteiger partial charge in [-0.3, -0.25) is 15.5 Å². The van der Waals surface area contributed by atoms with E-state index >= 15 is 0 Å². The van der Waals surface area contributed by atoms with Crippen LogP contribution in [0.2, 0.25) is 0 Å². The van der Waals surface area contributed by atoms with Crippen LogP contribution in [0, 0.1) is 10.1 Å². The Balaban J connectivity index is 1.79. The lowest BCUT2D eigenvalue weighted by Gasteiger charge is -2.15. The number of sulfonamides is 1. The number of nitro benzene ring substituents is 1. The topological polar surface area (TPSA) is 105 Å². The van der Waals surface area contributed by atoms with Crippen molar-refractivity contribution in [2.24, 2.45) is 5.10 Å². The van der Waals surface area contributed by atoms with E-state index in [1.54, 1.807) is 6.21 Å². The van der Waals surface area contributed by atoms with Gasteiger partial charge in [-0.05, 0) is 43.0 Å². The molecule has 3 rings (SSSR count). The molecular formula is C20H22N4O4S. The summed E-state index contributed by atoms with van der Waals surface area (Å²) < 4.78 is 26.6. The van der Waals surface area contributed by atoms with Crippen molar-refractivity contribution in [2.45, 2.75) is 24.7 Å². The zero-order valence-corrected chi connectivity index (χ0v) is 16.8. The van der Waals surface area contributed by atoms with E-state index < -0.39 is 14.9 Å². The Labute approximate surface area is 169 Å². The Bertz CT molecular complexity index is 1040. The molecule has 152 valence electrons. The summed E-state index contributed by atoms with van der Waals surface area (Å²) in [7, 11) is -3.73. The third kappa shape index (κ3) is 5.07. The van der Waals surface area contributed by atoms with Gasteiger partial charge >= 0.3 is 0 Å². The van der Waals surface area contributed by atoms with Gasteiger partial charge in [0, 0.05) is 19.2 Å². The number of nitro groups is 1. The fourth-order valence-corrected chi connectivity index (χ4v) is 4.59. The summed E-state index contributed by atoms with van der Waals surface area (Å²) in [6.07, 6.45) is 5.06. The molecule has 0 spiro atoms. The lowest BCUT2D eigenvalue weighted by Crippen LogP contribution is -2.27. The molecule has 9 heteroatoms. The summed E-state index contributed by atoms with van der Waals surface area (Å²) in [6, 6.07) is 13.5. The molecule has 8 nitrogen and oxygen atoms in total. The van der Waals surface area contributed by atoms with Crippen molar-refractivity contribution in [3.05, 3.63) is 69.8 Å². The van der Waals surface area contributed by atoms with Gasteiger partial charge in [0.2, 0.25) is 10.0 Å². The van der Waals surface area contributed by atoms with Gasteiger partial charge in [-0.2, -0.15) is 9.41 Å². The van der Waals surface area contributed by atoms with E-state index in [9.17, 15) is 18.5 Å². The summed E-state index contributed by atoms with van der Waals surface area (Å²) in [5.41, 5.74) is 4.28. The number of benzene rings is 2. The Morgan fingerprint density at radius 3 is 2.52 bits per heavy atom. The molecule has 0 amide bonds. The molecule has 0 unspecified atom stereocenters. The van der Waals surface area contributed by atoms with E-state index in [4.69, 9.17) is 0 Å². The molecule has 1 aliphatic heterocycles. The molecule has 1 heterocycles. The summed E-state index contributed by atoms with van der Waals surface area (Å²) in [5, 5.41) is 15.5. The molecule has 29 heavy (non-hydrogen) atoms. The molecular weight excluding hydrogens is 392 g/mol. The fourth-order valence-electron chi connectivity index (χ4n) is 3.05. The number of hydrogen-bond donors (Lipinski definition) is 1. The number of rotatable bonds is 7. The average Bonchev–Trinajstić information content (AvgIpc) is 3.24. The minimum absolute atomic E-state index is 0.0826. The average molecular weight is 414 g/mol. The van der Waals surface area contributed by atoms with Crippen LogP contribution in [0.1, 0.15) is 25.3 Å². The van der Waals surface area contributed by atoms with Crippen LogP contribution in [0.25, 0.3) is 6.08 Å². The molecule has 0 aliphatic carbocycles. The Morgan fingerprint density at radius 2 is 1.86 bits per heavy atom. The van der Waals surface area contributed by atoms with Crippen LogP contribution >= 0.6 is 0 Å². The predicted octanol–water partition coefficient (Wildman–Crippen LogP) is 3.88. The second kappa shape index (κ2) is 8.97. The van der Waals surface area contributed by atoms with Crippen molar-refractivity contribution in [1.29, 1.82) is 0 Å². The number of nitrogens with zero attached hydrogens (tertiary/aromatic N) is 3. The van der Waals surface area contributed by atoms with Gasteiger partial charge in [0.1, 0.15) is 5.69 Å².